The van der Waals surface area contributed by atoms with Crippen LogP contribution in [0.25, 0.3) is 10.4 Å². The zero-order chi connectivity index (χ0) is 16.5. The van der Waals surface area contributed by atoms with Crippen molar-refractivity contribution in [1.82, 2.24) is 3.96 Å². The fourth-order valence-electron chi connectivity index (χ4n) is 2.10. The van der Waals surface area contributed by atoms with Crippen LogP contribution < -0.4 is 17.0 Å². The summed E-state index contributed by atoms with van der Waals surface area (Å²) < 4.78 is 1.76. The van der Waals surface area contributed by atoms with Gasteiger partial charge in [-0.15, -0.1) is 0 Å². The van der Waals surface area contributed by atoms with Crippen molar-refractivity contribution in [1.29, 1.82) is 0 Å². The second kappa shape index (κ2) is 6.06. The molecule has 1 amide bonds. The lowest BCUT2D eigenvalue weighted by Gasteiger charge is -2.18. The van der Waals surface area contributed by atoms with E-state index in [0.717, 1.165) is 16.0 Å². The van der Waals surface area contributed by atoms with E-state index in [1.807, 2.05) is 45.0 Å². The third-order valence-electron chi connectivity index (χ3n) is 3.31. The zero-order valence-electron chi connectivity index (χ0n) is 13.0. The van der Waals surface area contributed by atoms with E-state index in [-0.39, 0.29) is 11.1 Å². The molecule has 0 spiro atoms. The standard InChI is InChI=1S/C16H21N3O2S/c1-16(2,3)19-14(20)9-13(22-19)11-6-4-10(5-7-11)8-12(17)15(18)21/h4-7,9,12H,8,17H2,1-3H3,(H2,18,21)/t12-/m0/s1. The van der Waals surface area contributed by atoms with Gasteiger partial charge in [-0.1, -0.05) is 35.8 Å². The highest BCUT2D eigenvalue weighted by Gasteiger charge is 2.18. The molecule has 0 fully saturated rings. The van der Waals surface area contributed by atoms with Crippen LogP contribution in [-0.2, 0) is 16.8 Å². The number of nitrogens with zero attached hydrogens (tertiary/aromatic N) is 1. The predicted octanol–water partition coefficient (Wildman–Crippen LogP) is 1.69. The Kier molecular flexibility index (Phi) is 4.53. The summed E-state index contributed by atoms with van der Waals surface area (Å²) in [4.78, 5) is 24.0. The Bertz CT molecular complexity index is 723. The van der Waals surface area contributed by atoms with Crippen molar-refractivity contribution in [3.05, 3.63) is 46.2 Å². The summed E-state index contributed by atoms with van der Waals surface area (Å²) in [5.41, 5.74) is 12.5. The predicted molar refractivity (Wildman–Crippen MR) is 89.9 cm³/mol. The summed E-state index contributed by atoms with van der Waals surface area (Å²) in [6.45, 7) is 6.01. The van der Waals surface area contributed by atoms with Crippen LogP contribution in [0, 0.1) is 0 Å². The maximum absolute atomic E-state index is 12.1. The number of carbonyl (C=O) groups is 1. The molecule has 2 aromatic rings. The van der Waals surface area contributed by atoms with Gasteiger partial charge in [0, 0.05) is 6.07 Å². The minimum Gasteiger partial charge on any atom is -0.368 e. The monoisotopic (exact) mass is 319 g/mol. The minimum absolute atomic E-state index is 0.00678. The van der Waals surface area contributed by atoms with Crippen molar-refractivity contribution in [3.8, 4) is 10.4 Å². The molecule has 22 heavy (non-hydrogen) atoms. The molecular formula is C16H21N3O2S. The lowest BCUT2D eigenvalue weighted by molar-refractivity contribution is -0.119. The Balaban J connectivity index is 2.24. The van der Waals surface area contributed by atoms with Crippen molar-refractivity contribution in [2.45, 2.75) is 38.8 Å². The Morgan fingerprint density at radius 2 is 1.86 bits per heavy atom. The molecule has 2 rings (SSSR count). The molecule has 5 nitrogen and oxygen atoms in total. The SMILES string of the molecule is CC(C)(C)n1sc(-c2ccc(C[C@H](N)C(N)=O)cc2)cc1=O. The van der Waals surface area contributed by atoms with Gasteiger partial charge >= 0.3 is 0 Å². The maximum atomic E-state index is 12.1. The lowest BCUT2D eigenvalue weighted by atomic mass is 10.0. The van der Waals surface area contributed by atoms with E-state index in [9.17, 15) is 9.59 Å². The van der Waals surface area contributed by atoms with Crippen LogP contribution in [0.3, 0.4) is 0 Å². The number of primary amides is 1. The van der Waals surface area contributed by atoms with Crippen LogP contribution in [0.15, 0.2) is 35.1 Å². The van der Waals surface area contributed by atoms with Gasteiger partial charge in [-0.05, 0) is 38.3 Å². The molecule has 1 heterocycles. The summed E-state index contributed by atoms with van der Waals surface area (Å²) in [5.74, 6) is -0.510. The van der Waals surface area contributed by atoms with Crippen molar-refractivity contribution in [2.24, 2.45) is 11.5 Å². The molecule has 0 saturated heterocycles. The number of benzene rings is 1. The molecular weight excluding hydrogens is 298 g/mol. The highest BCUT2D eigenvalue weighted by molar-refractivity contribution is 7.10. The Morgan fingerprint density at radius 1 is 1.27 bits per heavy atom. The third-order valence-corrected chi connectivity index (χ3v) is 4.77. The second-order valence-electron chi connectivity index (χ2n) is 6.31. The summed E-state index contributed by atoms with van der Waals surface area (Å²) in [7, 11) is 0. The van der Waals surface area contributed by atoms with Crippen molar-refractivity contribution in [3.63, 3.8) is 0 Å². The van der Waals surface area contributed by atoms with Crippen molar-refractivity contribution < 1.29 is 4.79 Å². The van der Waals surface area contributed by atoms with Gasteiger partial charge in [0.1, 0.15) is 0 Å². The van der Waals surface area contributed by atoms with Crippen LogP contribution in [0.1, 0.15) is 26.3 Å². The van der Waals surface area contributed by atoms with Gasteiger partial charge in [-0.3, -0.25) is 13.5 Å². The summed E-state index contributed by atoms with van der Waals surface area (Å²) in [5, 5.41) is 0. The molecule has 1 atom stereocenters. The molecule has 1 aromatic carbocycles. The number of nitrogens with two attached hydrogens (primary N) is 2. The van der Waals surface area contributed by atoms with E-state index in [0.29, 0.717) is 6.42 Å². The van der Waals surface area contributed by atoms with Crippen LogP contribution in [-0.4, -0.2) is 15.9 Å². The fraction of sp³-hybridized carbons (Fsp3) is 0.375. The molecule has 0 saturated carbocycles. The quantitative estimate of drug-likeness (QED) is 0.898. The van der Waals surface area contributed by atoms with Crippen LogP contribution >= 0.6 is 11.5 Å². The Labute approximate surface area is 133 Å². The zero-order valence-corrected chi connectivity index (χ0v) is 13.8. The third kappa shape index (κ3) is 3.64. The molecule has 4 N–H and O–H groups in total. The van der Waals surface area contributed by atoms with Gasteiger partial charge in [0.05, 0.1) is 16.5 Å². The molecule has 0 unspecified atom stereocenters. The number of amides is 1. The number of hydrogen-bond acceptors (Lipinski definition) is 4. The Morgan fingerprint density at radius 3 is 2.32 bits per heavy atom. The molecule has 0 aliphatic rings. The Hall–Kier alpha value is -1.92. The molecule has 6 heteroatoms. The molecule has 118 valence electrons. The number of hydrogen-bond donors (Lipinski definition) is 2. The number of rotatable bonds is 4. The highest BCUT2D eigenvalue weighted by atomic mass is 32.1. The fourth-order valence-corrected chi connectivity index (χ4v) is 3.11. The van der Waals surface area contributed by atoms with E-state index in [1.54, 1.807) is 10.0 Å². The topological polar surface area (TPSA) is 91.1 Å². The lowest BCUT2D eigenvalue weighted by Crippen LogP contribution is -2.38. The van der Waals surface area contributed by atoms with E-state index >= 15 is 0 Å². The van der Waals surface area contributed by atoms with Gasteiger partial charge in [0.2, 0.25) is 5.91 Å². The number of aromatic nitrogens is 1. The molecule has 0 aliphatic carbocycles. The van der Waals surface area contributed by atoms with Crippen LogP contribution in [0.5, 0.6) is 0 Å². The molecule has 0 aliphatic heterocycles. The van der Waals surface area contributed by atoms with Gasteiger partial charge in [-0.2, -0.15) is 0 Å². The molecule has 0 radical (unpaired) electrons. The van der Waals surface area contributed by atoms with Crippen LogP contribution in [0.2, 0.25) is 0 Å². The van der Waals surface area contributed by atoms with E-state index in [2.05, 4.69) is 0 Å². The smallest absolute Gasteiger partial charge is 0.261 e. The van der Waals surface area contributed by atoms with Gasteiger partial charge in [-0.25, -0.2) is 0 Å². The van der Waals surface area contributed by atoms with E-state index in [4.69, 9.17) is 11.5 Å². The summed E-state index contributed by atoms with van der Waals surface area (Å²) >= 11 is 1.45. The first-order valence-corrected chi connectivity index (χ1v) is 7.84. The first-order valence-electron chi connectivity index (χ1n) is 7.06. The van der Waals surface area contributed by atoms with Crippen molar-refractivity contribution >= 4 is 17.4 Å². The second-order valence-corrected chi connectivity index (χ2v) is 7.30. The minimum atomic E-state index is -0.677. The first-order chi connectivity index (χ1) is 10.2. The average molecular weight is 319 g/mol. The van der Waals surface area contributed by atoms with Crippen LogP contribution in [0.4, 0.5) is 0 Å². The maximum Gasteiger partial charge on any atom is 0.261 e. The largest absolute Gasteiger partial charge is 0.368 e. The molecule has 1 aromatic heterocycles. The van der Waals surface area contributed by atoms with E-state index < -0.39 is 11.9 Å². The van der Waals surface area contributed by atoms with Crippen molar-refractivity contribution in [2.75, 3.05) is 0 Å². The summed E-state index contributed by atoms with van der Waals surface area (Å²) in [6.07, 6.45) is 0.412. The van der Waals surface area contributed by atoms with Gasteiger partial charge in [0.15, 0.2) is 0 Å². The highest BCUT2D eigenvalue weighted by Crippen LogP contribution is 2.26. The molecule has 0 bridgehead atoms. The van der Waals surface area contributed by atoms with Gasteiger partial charge < -0.3 is 11.5 Å². The summed E-state index contributed by atoms with van der Waals surface area (Å²) in [6, 6.07) is 8.65. The normalized spacial score (nSPS) is 13.1. The average Bonchev–Trinajstić information content (AvgIpc) is 2.81. The van der Waals surface area contributed by atoms with Gasteiger partial charge in [0.25, 0.3) is 5.56 Å². The number of carbonyl (C=O) groups excluding carboxylic acids is 1. The van der Waals surface area contributed by atoms with E-state index in [1.165, 1.54) is 11.5 Å². The first kappa shape index (κ1) is 16.5.